The summed E-state index contributed by atoms with van der Waals surface area (Å²) >= 11 is 5.36. The fourth-order valence-corrected chi connectivity index (χ4v) is 2.68. The largest absolute Gasteiger partial charge is 0.332 e. The summed E-state index contributed by atoms with van der Waals surface area (Å²) in [6.07, 6.45) is 1.60. The Labute approximate surface area is 129 Å². The van der Waals surface area contributed by atoms with E-state index in [1.807, 2.05) is 0 Å². The molecule has 7 nitrogen and oxygen atoms in total. The third-order valence-corrected chi connectivity index (χ3v) is 4.03. The minimum atomic E-state index is -0.486. The van der Waals surface area contributed by atoms with E-state index in [9.17, 15) is 14.4 Å². The van der Waals surface area contributed by atoms with Crippen LogP contribution in [-0.4, -0.2) is 24.3 Å². The second-order valence-corrected chi connectivity index (χ2v) is 5.41. The molecule has 0 aliphatic rings. The van der Waals surface area contributed by atoms with Crippen LogP contribution in [0.15, 0.2) is 27.9 Å². The summed E-state index contributed by atoms with van der Waals surface area (Å²) in [5.41, 5.74) is 0.134. The maximum absolute atomic E-state index is 12.3. The van der Waals surface area contributed by atoms with Gasteiger partial charge in [0, 0.05) is 25.9 Å². The third kappa shape index (κ3) is 1.84. The van der Waals surface area contributed by atoms with Crippen molar-refractivity contribution in [2.75, 3.05) is 0 Å². The highest BCUT2D eigenvalue weighted by molar-refractivity contribution is 7.71. The first-order chi connectivity index (χ1) is 10.3. The number of fused-ring (bicyclic) bond motifs is 2. The van der Waals surface area contributed by atoms with Gasteiger partial charge in [-0.05, 0) is 19.1 Å². The Morgan fingerprint density at radius 3 is 2.55 bits per heavy atom. The highest BCUT2D eigenvalue weighted by atomic mass is 32.1. The quantitative estimate of drug-likeness (QED) is 0.377. The zero-order chi connectivity index (χ0) is 16.2. The molecular formula is C14H12N4O3S. The van der Waals surface area contributed by atoms with E-state index in [0.717, 1.165) is 4.57 Å². The van der Waals surface area contributed by atoms with E-state index < -0.39 is 11.2 Å². The van der Waals surface area contributed by atoms with Crippen LogP contribution in [0.3, 0.4) is 0 Å². The highest BCUT2D eigenvalue weighted by Crippen LogP contribution is 2.13. The SMILES string of the molecule is CC(=O)c1ccn2c(=S)c3c(=O)n(C)c(=O)n(C)c3nc2c1. The molecule has 22 heavy (non-hydrogen) atoms. The lowest BCUT2D eigenvalue weighted by Gasteiger charge is -2.09. The summed E-state index contributed by atoms with van der Waals surface area (Å²) in [4.78, 5) is 40.2. The van der Waals surface area contributed by atoms with Crippen molar-refractivity contribution < 1.29 is 4.79 Å². The van der Waals surface area contributed by atoms with Gasteiger partial charge in [0.25, 0.3) is 5.56 Å². The van der Waals surface area contributed by atoms with Crippen LogP contribution in [0, 0.1) is 4.64 Å². The monoisotopic (exact) mass is 316 g/mol. The highest BCUT2D eigenvalue weighted by Gasteiger charge is 2.14. The Balaban J connectivity index is 2.64. The number of hydrogen-bond acceptors (Lipinski definition) is 5. The topological polar surface area (TPSA) is 78.4 Å². The molecule has 3 aromatic heterocycles. The first kappa shape index (κ1) is 14.3. The van der Waals surface area contributed by atoms with E-state index >= 15 is 0 Å². The van der Waals surface area contributed by atoms with Gasteiger partial charge in [-0.2, -0.15) is 0 Å². The maximum atomic E-state index is 12.3. The molecule has 0 fully saturated rings. The molecule has 0 radical (unpaired) electrons. The van der Waals surface area contributed by atoms with Crippen LogP contribution >= 0.6 is 12.2 Å². The molecule has 0 atom stereocenters. The van der Waals surface area contributed by atoms with Gasteiger partial charge in [0.2, 0.25) is 0 Å². The Hall–Kier alpha value is -2.61. The number of carbonyl (C=O) groups is 1. The van der Waals surface area contributed by atoms with Crippen LogP contribution in [0.4, 0.5) is 0 Å². The Kier molecular flexibility index (Phi) is 3.06. The minimum Gasteiger partial charge on any atom is -0.295 e. The Morgan fingerprint density at radius 1 is 1.23 bits per heavy atom. The fourth-order valence-electron chi connectivity index (χ4n) is 2.35. The van der Waals surface area contributed by atoms with Crippen LogP contribution in [0.1, 0.15) is 17.3 Å². The molecule has 0 aliphatic heterocycles. The fraction of sp³-hybridized carbons (Fsp3) is 0.214. The van der Waals surface area contributed by atoms with E-state index in [1.54, 1.807) is 22.7 Å². The molecule has 0 aromatic carbocycles. The molecule has 0 spiro atoms. The molecule has 112 valence electrons. The second-order valence-electron chi connectivity index (χ2n) is 5.02. The van der Waals surface area contributed by atoms with E-state index in [1.165, 1.54) is 25.6 Å². The summed E-state index contributed by atoms with van der Waals surface area (Å²) in [6, 6.07) is 3.20. The zero-order valence-corrected chi connectivity index (χ0v) is 13.0. The minimum absolute atomic E-state index is 0.104. The average molecular weight is 316 g/mol. The normalized spacial score (nSPS) is 11.2. The summed E-state index contributed by atoms with van der Waals surface area (Å²) in [5.74, 6) is -0.104. The summed E-state index contributed by atoms with van der Waals surface area (Å²) < 4.78 is 4.07. The van der Waals surface area contributed by atoms with Gasteiger partial charge in [-0.3, -0.25) is 23.1 Å². The lowest BCUT2D eigenvalue weighted by atomic mass is 10.2. The molecule has 0 unspecified atom stereocenters. The number of ketones is 1. The van der Waals surface area contributed by atoms with E-state index in [-0.39, 0.29) is 21.5 Å². The van der Waals surface area contributed by atoms with Gasteiger partial charge in [-0.1, -0.05) is 12.2 Å². The predicted octanol–water partition coefficient (Wildman–Crippen LogP) is 0.817. The van der Waals surface area contributed by atoms with Crippen molar-refractivity contribution in [3.8, 4) is 0 Å². The average Bonchev–Trinajstić information content (AvgIpc) is 2.50. The van der Waals surface area contributed by atoms with E-state index in [2.05, 4.69) is 4.98 Å². The molecule has 3 heterocycles. The smallest absolute Gasteiger partial charge is 0.295 e. The summed E-state index contributed by atoms with van der Waals surface area (Å²) in [5, 5.41) is 0.202. The summed E-state index contributed by atoms with van der Waals surface area (Å²) in [7, 11) is 2.92. The van der Waals surface area contributed by atoms with E-state index in [0.29, 0.717) is 11.2 Å². The van der Waals surface area contributed by atoms with Crippen LogP contribution in [0.2, 0.25) is 0 Å². The number of hydrogen-bond donors (Lipinski definition) is 0. The van der Waals surface area contributed by atoms with Gasteiger partial charge in [-0.15, -0.1) is 0 Å². The molecule has 0 bridgehead atoms. The van der Waals surface area contributed by atoms with Crippen molar-refractivity contribution in [3.63, 3.8) is 0 Å². The van der Waals surface area contributed by atoms with Gasteiger partial charge in [-0.25, -0.2) is 9.78 Å². The van der Waals surface area contributed by atoms with Gasteiger partial charge >= 0.3 is 5.69 Å². The molecule has 8 heteroatoms. The standard InChI is InChI=1S/C14H12N4O3S/c1-7(19)8-4-5-18-9(6-8)15-11-10(13(18)22)12(20)17(3)14(21)16(11)2/h4-6H,1-3H3. The number of rotatable bonds is 1. The van der Waals surface area contributed by atoms with Crippen molar-refractivity contribution in [2.24, 2.45) is 14.1 Å². The van der Waals surface area contributed by atoms with E-state index in [4.69, 9.17) is 12.2 Å². The number of pyridine rings is 1. The number of aromatic nitrogens is 4. The number of nitrogens with zero attached hydrogens (tertiary/aromatic N) is 4. The zero-order valence-electron chi connectivity index (χ0n) is 12.2. The Morgan fingerprint density at radius 2 is 1.91 bits per heavy atom. The molecule has 0 N–H and O–H groups in total. The maximum Gasteiger partial charge on any atom is 0.332 e. The number of Topliss-reactive ketones (excluding diaryl/α,β-unsaturated/α-hetero) is 1. The lowest BCUT2D eigenvalue weighted by Crippen LogP contribution is -2.37. The molecule has 0 amide bonds. The van der Waals surface area contributed by atoms with Gasteiger partial charge in [0.1, 0.15) is 15.7 Å². The van der Waals surface area contributed by atoms with Crippen molar-refractivity contribution in [2.45, 2.75) is 6.92 Å². The number of aryl methyl sites for hydroxylation is 1. The van der Waals surface area contributed by atoms with Crippen molar-refractivity contribution in [1.29, 1.82) is 0 Å². The predicted molar refractivity (Wildman–Crippen MR) is 84.0 cm³/mol. The molecule has 0 aliphatic carbocycles. The number of carbonyl (C=O) groups excluding carboxylic acids is 1. The van der Waals surface area contributed by atoms with Gasteiger partial charge in [0.15, 0.2) is 11.4 Å². The van der Waals surface area contributed by atoms with Gasteiger partial charge in [0.05, 0.1) is 0 Å². The lowest BCUT2D eigenvalue weighted by molar-refractivity contribution is 0.101. The molecule has 0 saturated heterocycles. The second kappa shape index (κ2) is 4.70. The molecular weight excluding hydrogens is 304 g/mol. The Bertz CT molecular complexity index is 1140. The first-order valence-electron chi connectivity index (χ1n) is 6.46. The molecule has 0 saturated carbocycles. The molecule has 3 aromatic rings. The van der Waals surface area contributed by atoms with Crippen LogP contribution in [0.5, 0.6) is 0 Å². The third-order valence-electron chi connectivity index (χ3n) is 3.63. The van der Waals surface area contributed by atoms with Crippen LogP contribution < -0.4 is 11.2 Å². The van der Waals surface area contributed by atoms with Crippen molar-refractivity contribution >= 4 is 34.7 Å². The summed E-state index contributed by atoms with van der Waals surface area (Å²) in [6.45, 7) is 1.45. The van der Waals surface area contributed by atoms with Crippen molar-refractivity contribution in [3.05, 3.63) is 49.4 Å². The van der Waals surface area contributed by atoms with Crippen molar-refractivity contribution in [1.82, 2.24) is 18.5 Å². The van der Waals surface area contributed by atoms with Crippen LogP contribution in [-0.2, 0) is 14.1 Å². The first-order valence-corrected chi connectivity index (χ1v) is 6.87. The van der Waals surface area contributed by atoms with Gasteiger partial charge < -0.3 is 0 Å². The molecule has 3 rings (SSSR count). The van der Waals surface area contributed by atoms with Crippen LogP contribution in [0.25, 0.3) is 16.7 Å².